The second-order valence-corrected chi connectivity index (χ2v) is 3.47. The van der Waals surface area contributed by atoms with Crippen molar-refractivity contribution in [3.05, 3.63) is 0 Å². The lowest BCUT2D eigenvalue weighted by molar-refractivity contribution is -0.153. The topological polar surface area (TPSA) is 77.8 Å². The average Bonchev–Trinajstić information content (AvgIpc) is 2.16. The molecule has 1 heterocycles. The fourth-order valence-corrected chi connectivity index (χ4v) is 2.02. The predicted octanol–water partition coefficient (Wildman–Crippen LogP) is 0.399. The number of hydrogen-bond acceptors (Lipinski definition) is 3. The summed E-state index contributed by atoms with van der Waals surface area (Å²) in [6.07, 6.45) is 1.77. The van der Waals surface area contributed by atoms with E-state index >= 15 is 0 Å². The van der Waals surface area contributed by atoms with E-state index in [0.717, 1.165) is 0 Å². The molecule has 0 aromatic rings. The average molecular weight is 201 g/mol. The van der Waals surface area contributed by atoms with Gasteiger partial charge in [-0.1, -0.05) is 6.92 Å². The van der Waals surface area contributed by atoms with Gasteiger partial charge in [-0.05, 0) is 25.8 Å². The van der Waals surface area contributed by atoms with Gasteiger partial charge in [0.2, 0.25) is 0 Å². The number of rotatable bonds is 3. The van der Waals surface area contributed by atoms with Crippen LogP contribution in [-0.2, 0) is 9.59 Å². The van der Waals surface area contributed by atoms with Crippen LogP contribution in [0.2, 0.25) is 0 Å². The van der Waals surface area contributed by atoms with Crippen molar-refractivity contribution in [3.63, 3.8) is 0 Å². The zero-order valence-corrected chi connectivity index (χ0v) is 8.14. The molecule has 0 aromatic heterocycles. The summed E-state index contributed by atoms with van der Waals surface area (Å²) in [5, 5.41) is 17.8. The summed E-state index contributed by atoms with van der Waals surface area (Å²) in [6.45, 7) is 2.26. The van der Waals surface area contributed by atoms with E-state index < -0.39 is 24.0 Å². The van der Waals surface area contributed by atoms with Crippen LogP contribution in [0.3, 0.4) is 0 Å². The van der Waals surface area contributed by atoms with Gasteiger partial charge in [0.05, 0.1) is 0 Å². The normalized spacial score (nSPS) is 28.6. The van der Waals surface area contributed by atoms with Gasteiger partial charge in [-0.2, -0.15) is 0 Å². The molecular formula is C9H15NO4. The smallest absolute Gasteiger partial charge is 0.320 e. The molecule has 14 heavy (non-hydrogen) atoms. The Morgan fingerprint density at radius 3 is 1.93 bits per heavy atom. The van der Waals surface area contributed by atoms with Gasteiger partial charge in [-0.3, -0.25) is 14.5 Å². The maximum atomic E-state index is 10.9. The van der Waals surface area contributed by atoms with E-state index in [1.165, 1.54) is 0 Å². The highest BCUT2D eigenvalue weighted by molar-refractivity contribution is 5.78. The van der Waals surface area contributed by atoms with E-state index in [4.69, 9.17) is 10.2 Å². The molecule has 1 fully saturated rings. The van der Waals surface area contributed by atoms with Crippen molar-refractivity contribution in [1.82, 2.24) is 4.90 Å². The van der Waals surface area contributed by atoms with E-state index in [-0.39, 0.29) is 0 Å². The predicted molar refractivity (Wildman–Crippen MR) is 49.1 cm³/mol. The number of piperidine rings is 1. The van der Waals surface area contributed by atoms with Crippen molar-refractivity contribution in [1.29, 1.82) is 0 Å². The Labute approximate surface area is 82.3 Å². The fourth-order valence-electron chi connectivity index (χ4n) is 2.02. The number of likely N-dealkylation sites (N-methyl/N-ethyl adjacent to an activating group) is 1. The first-order valence-electron chi connectivity index (χ1n) is 4.79. The number of carbonyl (C=O) groups is 2. The summed E-state index contributed by atoms with van der Waals surface area (Å²) in [6, 6.07) is -1.26. The summed E-state index contributed by atoms with van der Waals surface area (Å²) in [4.78, 5) is 23.3. The van der Waals surface area contributed by atoms with Gasteiger partial charge in [0.1, 0.15) is 12.1 Å². The first-order chi connectivity index (χ1) is 6.57. The maximum absolute atomic E-state index is 10.9. The lowest BCUT2D eigenvalue weighted by Crippen LogP contribution is -2.53. The molecule has 0 bridgehead atoms. The molecule has 0 aliphatic carbocycles. The third-order valence-electron chi connectivity index (χ3n) is 2.69. The summed E-state index contributed by atoms with van der Waals surface area (Å²) < 4.78 is 0. The number of nitrogens with zero attached hydrogens (tertiary/aromatic N) is 1. The van der Waals surface area contributed by atoms with Gasteiger partial charge in [0, 0.05) is 0 Å². The van der Waals surface area contributed by atoms with Crippen molar-refractivity contribution in [2.24, 2.45) is 0 Å². The standard InChI is InChI=1S/C9H15NO4/c1-2-10-6(8(11)12)4-3-5-7(10)9(13)14/h6-7H,2-5H2,1H3,(H,11,12)(H,13,14)/t6-,7-/m0/s1. The van der Waals surface area contributed by atoms with Crippen LogP contribution in [0.5, 0.6) is 0 Å². The van der Waals surface area contributed by atoms with E-state index in [0.29, 0.717) is 25.8 Å². The van der Waals surface area contributed by atoms with Crippen molar-refractivity contribution >= 4 is 11.9 Å². The van der Waals surface area contributed by atoms with Crippen LogP contribution in [0.15, 0.2) is 0 Å². The van der Waals surface area contributed by atoms with E-state index in [1.807, 2.05) is 0 Å². The van der Waals surface area contributed by atoms with Crippen LogP contribution in [0.4, 0.5) is 0 Å². The van der Waals surface area contributed by atoms with Gasteiger partial charge in [0.25, 0.3) is 0 Å². The lowest BCUT2D eigenvalue weighted by atomic mass is 9.95. The summed E-state index contributed by atoms with van der Waals surface area (Å²) in [7, 11) is 0. The Balaban J connectivity index is 2.79. The molecule has 5 nitrogen and oxygen atoms in total. The number of carboxylic acid groups (broad SMARTS) is 2. The van der Waals surface area contributed by atoms with Crippen LogP contribution >= 0.6 is 0 Å². The summed E-state index contributed by atoms with van der Waals surface area (Å²) in [5.74, 6) is -1.84. The number of hydrogen-bond donors (Lipinski definition) is 2. The molecule has 1 rings (SSSR count). The van der Waals surface area contributed by atoms with Gasteiger partial charge < -0.3 is 10.2 Å². The minimum atomic E-state index is -0.919. The molecule has 2 N–H and O–H groups in total. The molecule has 0 aromatic carbocycles. The maximum Gasteiger partial charge on any atom is 0.320 e. The second-order valence-electron chi connectivity index (χ2n) is 3.47. The third-order valence-corrected chi connectivity index (χ3v) is 2.69. The summed E-state index contributed by atoms with van der Waals surface area (Å²) >= 11 is 0. The molecule has 1 aliphatic heterocycles. The van der Waals surface area contributed by atoms with E-state index in [9.17, 15) is 9.59 Å². The largest absolute Gasteiger partial charge is 0.480 e. The molecule has 0 radical (unpaired) electrons. The van der Waals surface area contributed by atoms with Crippen molar-refractivity contribution < 1.29 is 19.8 Å². The molecule has 0 saturated carbocycles. The molecule has 1 aliphatic rings. The molecule has 5 heteroatoms. The van der Waals surface area contributed by atoms with E-state index in [2.05, 4.69) is 0 Å². The monoisotopic (exact) mass is 201 g/mol. The highest BCUT2D eigenvalue weighted by Crippen LogP contribution is 2.22. The van der Waals surface area contributed by atoms with Crippen LogP contribution in [0.1, 0.15) is 26.2 Å². The molecule has 0 spiro atoms. The Morgan fingerprint density at radius 2 is 1.64 bits per heavy atom. The van der Waals surface area contributed by atoms with Gasteiger partial charge in [-0.25, -0.2) is 0 Å². The highest BCUT2D eigenvalue weighted by atomic mass is 16.4. The minimum absolute atomic E-state index is 0.466. The van der Waals surface area contributed by atoms with E-state index in [1.54, 1.807) is 11.8 Å². The van der Waals surface area contributed by atoms with Crippen molar-refractivity contribution in [3.8, 4) is 0 Å². The van der Waals surface area contributed by atoms with Gasteiger partial charge in [-0.15, -0.1) is 0 Å². The minimum Gasteiger partial charge on any atom is -0.480 e. The number of carboxylic acids is 2. The zero-order chi connectivity index (χ0) is 10.7. The molecule has 1 saturated heterocycles. The summed E-state index contributed by atoms with van der Waals surface area (Å²) in [5.41, 5.74) is 0. The molecule has 0 unspecified atom stereocenters. The van der Waals surface area contributed by atoms with Crippen molar-refractivity contribution in [2.75, 3.05) is 6.54 Å². The Kier molecular flexibility index (Phi) is 3.46. The molecule has 80 valence electrons. The number of likely N-dealkylation sites (tertiary alicyclic amines) is 1. The molecule has 2 atom stereocenters. The number of aliphatic carboxylic acids is 2. The Morgan fingerprint density at radius 1 is 1.21 bits per heavy atom. The molecular weight excluding hydrogens is 186 g/mol. The Bertz CT molecular complexity index is 219. The van der Waals surface area contributed by atoms with Crippen LogP contribution in [0.25, 0.3) is 0 Å². The Hall–Kier alpha value is -1.10. The van der Waals surface area contributed by atoms with Crippen LogP contribution in [0, 0.1) is 0 Å². The SMILES string of the molecule is CCN1[C@H](C(=O)O)CCC[C@H]1C(=O)O. The fraction of sp³-hybridized carbons (Fsp3) is 0.778. The van der Waals surface area contributed by atoms with Crippen LogP contribution in [-0.4, -0.2) is 45.7 Å². The highest BCUT2D eigenvalue weighted by Gasteiger charge is 2.37. The lowest BCUT2D eigenvalue weighted by Gasteiger charge is -2.36. The van der Waals surface area contributed by atoms with Gasteiger partial charge >= 0.3 is 11.9 Å². The molecule has 0 amide bonds. The second kappa shape index (κ2) is 4.41. The third kappa shape index (κ3) is 2.04. The van der Waals surface area contributed by atoms with Crippen molar-refractivity contribution in [2.45, 2.75) is 38.3 Å². The van der Waals surface area contributed by atoms with Gasteiger partial charge in [0.15, 0.2) is 0 Å². The quantitative estimate of drug-likeness (QED) is 0.691. The zero-order valence-electron chi connectivity index (χ0n) is 8.14. The first-order valence-corrected chi connectivity index (χ1v) is 4.79. The van der Waals surface area contributed by atoms with Crippen LogP contribution < -0.4 is 0 Å². The first kappa shape index (κ1) is 11.0.